The highest BCUT2D eigenvalue weighted by atomic mass is 32.2. The molecule has 0 bridgehead atoms. The number of sulfonamides is 1. The predicted octanol–water partition coefficient (Wildman–Crippen LogP) is 4.32. The Morgan fingerprint density at radius 3 is 1.85 bits per heavy atom. The summed E-state index contributed by atoms with van der Waals surface area (Å²) < 4.78 is 28.7. The van der Waals surface area contributed by atoms with Gasteiger partial charge in [-0.3, -0.25) is 0 Å². The molecule has 2 unspecified atom stereocenters. The summed E-state index contributed by atoms with van der Waals surface area (Å²) >= 11 is 0. The fourth-order valence-corrected chi connectivity index (χ4v) is 4.18. The number of hydrogen-bond acceptors (Lipinski definition) is 3. The van der Waals surface area contributed by atoms with Crippen LogP contribution in [0.5, 0.6) is 0 Å². The summed E-state index contributed by atoms with van der Waals surface area (Å²) in [5.74, 6) is -0.658. The summed E-state index contributed by atoms with van der Waals surface area (Å²) in [6, 6.07) is 26.6. The van der Waals surface area contributed by atoms with E-state index in [0.29, 0.717) is 0 Å². The molecule has 0 fully saturated rings. The van der Waals surface area contributed by atoms with Crippen molar-refractivity contribution in [1.82, 2.24) is 4.72 Å². The van der Waals surface area contributed by atoms with E-state index < -0.39 is 22.0 Å². The number of benzene rings is 3. The third kappa shape index (κ3) is 4.43. The molecule has 3 rings (SSSR count). The van der Waals surface area contributed by atoms with E-state index in [9.17, 15) is 13.7 Å². The van der Waals surface area contributed by atoms with Gasteiger partial charge in [0.1, 0.15) is 0 Å². The van der Waals surface area contributed by atoms with Crippen LogP contribution in [0, 0.1) is 18.3 Å². The molecule has 1 N–H and O–H groups in total. The number of nitrogens with one attached hydrogen (secondary N) is 1. The van der Waals surface area contributed by atoms with Gasteiger partial charge in [0, 0.05) is 0 Å². The highest BCUT2D eigenvalue weighted by molar-refractivity contribution is 7.89. The second-order valence-electron chi connectivity index (χ2n) is 6.34. The molecule has 0 saturated heterocycles. The largest absolute Gasteiger partial charge is 0.241 e. The Morgan fingerprint density at radius 1 is 0.815 bits per heavy atom. The molecule has 136 valence electrons. The van der Waals surface area contributed by atoms with Crippen LogP contribution in [-0.2, 0) is 10.0 Å². The summed E-state index contributed by atoms with van der Waals surface area (Å²) in [5.41, 5.74) is 2.48. The van der Waals surface area contributed by atoms with Crippen LogP contribution < -0.4 is 4.72 Å². The van der Waals surface area contributed by atoms with Crippen molar-refractivity contribution in [2.24, 2.45) is 0 Å². The van der Waals surface area contributed by atoms with Gasteiger partial charge in [-0.25, -0.2) is 13.1 Å². The number of aryl methyl sites for hydroxylation is 1. The quantitative estimate of drug-likeness (QED) is 0.696. The fraction of sp³-hybridized carbons (Fsp3) is 0.136. The van der Waals surface area contributed by atoms with Crippen molar-refractivity contribution in [1.29, 1.82) is 5.26 Å². The third-order valence-electron chi connectivity index (χ3n) is 4.40. The van der Waals surface area contributed by atoms with E-state index in [1.54, 1.807) is 24.3 Å². The summed E-state index contributed by atoms with van der Waals surface area (Å²) in [6.07, 6.45) is 0. The molecule has 0 spiro atoms. The normalized spacial score (nSPS) is 13.5. The lowest BCUT2D eigenvalue weighted by Gasteiger charge is -2.24. The van der Waals surface area contributed by atoms with E-state index >= 15 is 0 Å². The molecule has 3 aromatic rings. The van der Waals surface area contributed by atoms with Gasteiger partial charge in [0.25, 0.3) is 0 Å². The molecule has 0 amide bonds. The van der Waals surface area contributed by atoms with Crippen molar-refractivity contribution < 1.29 is 8.42 Å². The lowest BCUT2D eigenvalue weighted by Crippen LogP contribution is -2.32. The smallest absolute Gasteiger partial charge is 0.207 e. The average molecular weight is 376 g/mol. The van der Waals surface area contributed by atoms with E-state index in [0.717, 1.165) is 16.7 Å². The molecule has 2 atom stereocenters. The maximum absolute atomic E-state index is 13.0. The van der Waals surface area contributed by atoms with Crippen molar-refractivity contribution in [3.63, 3.8) is 0 Å². The van der Waals surface area contributed by atoms with Crippen LogP contribution in [0.4, 0.5) is 0 Å². The molecule has 0 aliphatic carbocycles. The molecule has 0 saturated carbocycles. The van der Waals surface area contributed by atoms with Gasteiger partial charge in [-0.2, -0.15) is 5.26 Å². The molecule has 0 heterocycles. The van der Waals surface area contributed by atoms with Crippen LogP contribution >= 0.6 is 0 Å². The number of rotatable bonds is 6. The molecule has 4 nitrogen and oxygen atoms in total. The summed E-state index contributed by atoms with van der Waals surface area (Å²) in [7, 11) is -3.79. The van der Waals surface area contributed by atoms with Crippen LogP contribution in [0.1, 0.15) is 28.7 Å². The van der Waals surface area contributed by atoms with Crippen molar-refractivity contribution in [3.05, 3.63) is 102 Å². The Hall–Kier alpha value is -2.94. The second kappa shape index (κ2) is 8.17. The lowest BCUT2D eigenvalue weighted by molar-refractivity contribution is 0.539. The molecule has 0 aliphatic rings. The van der Waals surface area contributed by atoms with Crippen molar-refractivity contribution >= 4 is 10.0 Å². The van der Waals surface area contributed by atoms with Gasteiger partial charge >= 0.3 is 0 Å². The summed E-state index contributed by atoms with van der Waals surface area (Å²) in [4.78, 5) is 0.179. The first-order valence-electron chi connectivity index (χ1n) is 8.60. The van der Waals surface area contributed by atoms with E-state index in [4.69, 9.17) is 0 Å². The molecular weight excluding hydrogens is 356 g/mol. The number of hydrogen-bond donors (Lipinski definition) is 1. The van der Waals surface area contributed by atoms with Gasteiger partial charge in [0.05, 0.1) is 22.9 Å². The van der Waals surface area contributed by atoms with Gasteiger partial charge in [0.15, 0.2) is 0 Å². The molecule has 0 radical (unpaired) electrons. The molecule has 0 aliphatic heterocycles. The van der Waals surface area contributed by atoms with Crippen LogP contribution in [0.3, 0.4) is 0 Å². The van der Waals surface area contributed by atoms with Gasteiger partial charge in [0.2, 0.25) is 10.0 Å². The zero-order valence-electron chi connectivity index (χ0n) is 14.9. The summed E-state index contributed by atoms with van der Waals surface area (Å²) in [5, 5.41) is 9.83. The van der Waals surface area contributed by atoms with Crippen LogP contribution in [0.2, 0.25) is 0 Å². The first-order valence-corrected chi connectivity index (χ1v) is 10.1. The summed E-state index contributed by atoms with van der Waals surface area (Å²) in [6.45, 7) is 1.90. The Labute approximate surface area is 160 Å². The van der Waals surface area contributed by atoms with Crippen molar-refractivity contribution in [2.75, 3.05) is 0 Å². The first kappa shape index (κ1) is 18.8. The maximum atomic E-state index is 13.0. The van der Waals surface area contributed by atoms with Gasteiger partial charge in [-0.1, -0.05) is 78.4 Å². The Morgan fingerprint density at radius 2 is 1.33 bits per heavy atom. The van der Waals surface area contributed by atoms with Crippen LogP contribution in [0.25, 0.3) is 0 Å². The van der Waals surface area contributed by atoms with Crippen LogP contribution in [-0.4, -0.2) is 8.42 Å². The van der Waals surface area contributed by atoms with Gasteiger partial charge < -0.3 is 0 Å². The topological polar surface area (TPSA) is 70.0 Å². The molecule has 0 aromatic heterocycles. The molecule has 27 heavy (non-hydrogen) atoms. The predicted molar refractivity (Wildman–Crippen MR) is 105 cm³/mol. The number of nitriles is 1. The van der Waals surface area contributed by atoms with E-state index in [2.05, 4.69) is 10.8 Å². The maximum Gasteiger partial charge on any atom is 0.241 e. The highest BCUT2D eigenvalue weighted by Crippen LogP contribution is 2.32. The Kier molecular flexibility index (Phi) is 5.70. The standard InChI is InChI=1S/C22H20N2O2S/c1-17-12-14-20(15-13-17)27(25,26)24-22(19-10-6-3-7-11-19)21(16-23)18-8-4-2-5-9-18/h2-15,21-22,24H,1H3. The zero-order chi connectivity index (χ0) is 19.3. The second-order valence-corrected chi connectivity index (χ2v) is 8.05. The zero-order valence-corrected chi connectivity index (χ0v) is 15.7. The highest BCUT2D eigenvalue weighted by Gasteiger charge is 2.29. The van der Waals surface area contributed by atoms with Gasteiger partial charge in [-0.05, 0) is 30.2 Å². The molecular formula is C22H20N2O2S. The monoisotopic (exact) mass is 376 g/mol. The first-order chi connectivity index (χ1) is 13.0. The van der Waals surface area contributed by atoms with Gasteiger partial charge in [-0.15, -0.1) is 0 Å². The molecule has 5 heteroatoms. The van der Waals surface area contributed by atoms with Crippen molar-refractivity contribution in [3.8, 4) is 6.07 Å². The van der Waals surface area contributed by atoms with E-state index in [1.807, 2.05) is 67.6 Å². The minimum absolute atomic E-state index is 0.179. The van der Waals surface area contributed by atoms with E-state index in [1.165, 1.54) is 0 Å². The third-order valence-corrected chi connectivity index (χ3v) is 5.86. The SMILES string of the molecule is Cc1ccc(S(=O)(=O)NC(c2ccccc2)C(C#N)c2ccccc2)cc1. The minimum atomic E-state index is -3.79. The fourth-order valence-electron chi connectivity index (χ4n) is 2.94. The minimum Gasteiger partial charge on any atom is -0.207 e. The van der Waals surface area contributed by atoms with E-state index in [-0.39, 0.29) is 4.90 Å². The van der Waals surface area contributed by atoms with Crippen molar-refractivity contribution in [2.45, 2.75) is 23.8 Å². The number of nitrogens with zero attached hydrogens (tertiary/aromatic N) is 1. The Bertz CT molecular complexity index is 1030. The van der Waals surface area contributed by atoms with Crippen LogP contribution in [0.15, 0.2) is 89.8 Å². The lowest BCUT2D eigenvalue weighted by atomic mass is 9.89. The molecule has 3 aromatic carbocycles. The Balaban J connectivity index is 2.03. The average Bonchev–Trinajstić information content (AvgIpc) is 2.69.